The fourth-order valence-electron chi connectivity index (χ4n) is 0.350. The van der Waals surface area contributed by atoms with Crippen LogP contribution in [0.2, 0.25) is 0 Å². The summed E-state index contributed by atoms with van der Waals surface area (Å²) >= 11 is 0. The van der Waals surface area contributed by atoms with E-state index in [2.05, 4.69) is 4.42 Å². The normalized spacial score (nSPS) is 8.00. The van der Waals surface area contributed by atoms with E-state index in [1.807, 2.05) is 0 Å². The maximum Gasteiger partial charge on any atom is 0.335 e. The van der Waals surface area contributed by atoms with E-state index < -0.39 is 5.63 Å². The minimum atomic E-state index is -0.456. The van der Waals surface area contributed by atoms with E-state index in [4.69, 9.17) is 5.11 Å². The summed E-state index contributed by atoms with van der Waals surface area (Å²) in [6, 6.07) is 2.42. The van der Waals surface area contributed by atoms with Crippen LogP contribution in [0, 0.1) is 0 Å². The molecule has 0 fully saturated rings. The van der Waals surface area contributed by atoms with Crippen molar-refractivity contribution < 1.29 is 26.6 Å². The van der Waals surface area contributed by atoms with Crippen LogP contribution in [-0.4, -0.2) is 5.11 Å². The molecule has 0 aromatic carbocycles. The summed E-state index contributed by atoms with van der Waals surface area (Å²) in [5, 5.41) is 8.52. The van der Waals surface area contributed by atoms with Crippen LogP contribution in [0.5, 0.6) is 5.75 Å². The number of aromatic hydroxyl groups is 1. The van der Waals surface area contributed by atoms with Gasteiger partial charge in [-0.15, -0.1) is 0 Å². The SMILES string of the molecule is O=c1ccc(O)co1.[Fe]. The zero-order valence-corrected chi connectivity index (χ0v) is 5.45. The molecular weight excluding hydrogens is 164 g/mol. The molecule has 0 aliphatic heterocycles. The molecule has 9 heavy (non-hydrogen) atoms. The third-order valence-corrected chi connectivity index (χ3v) is 0.686. The van der Waals surface area contributed by atoms with Gasteiger partial charge in [-0.2, -0.15) is 0 Å². The van der Waals surface area contributed by atoms with E-state index in [1.54, 1.807) is 0 Å². The predicted octanol–water partition coefficient (Wildman–Crippen LogP) is 0.343. The maximum absolute atomic E-state index is 10.1. The summed E-state index contributed by atoms with van der Waals surface area (Å²) in [4.78, 5) is 10.1. The first kappa shape index (κ1) is 8.27. The van der Waals surface area contributed by atoms with Gasteiger partial charge in [-0.1, -0.05) is 0 Å². The predicted molar refractivity (Wildman–Crippen MR) is 26.6 cm³/mol. The Morgan fingerprint density at radius 2 is 2.11 bits per heavy atom. The molecule has 50 valence electrons. The number of hydrogen-bond acceptors (Lipinski definition) is 3. The van der Waals surface area contributed by atoms with Crippen LogP contribution in [0.15, 0.2) is 27.6 Å². The van der Waals surface area contributed by atoms with Crippen molar-refractivity contribution in [3.63, 3.8) is 0 Å². The Morgan fingerprint density at radius 3 is 2.44 bits per heavy atom. The van der Waals surface area contributed by atoms with Crippen LogP contribution in [0.4, 0.5) is 0 Å². The van der Waals surface area contributed by atoms with Gasteiger partial charge in [-0.3, -0.25) is 0 Å². The van der Waals surface area contributed by atoms with Crippen molar-refractivity contribution in [1.82, 2.24) is 0 Å². The molecule has 0 unspecified atom stereocenters. The summed E-state index contributed by atoms with van der Waals surface area (Å²) in [5.74, 6) is -0.0374. The topological polar surface area (TPSA) is 50.4 Å². The Kier molecular flexibility index (Phi) is 3.06. The van der Waals surface area contributed by atoms with Crippen LogP contribution in [0.25, 0.3) is 0 Å². The molecule has 0 spiro atoms. The van der Waals surface area contributed by atoms with E-state index in [9.17, 15) is 4.79 Å². The average Bonchev–Trinajstić information content (AvgIpc) is 1.77. The molecule has 0 aliphatic rings. The second kappa shape index (κ2) is 3.33. The van der Waals surface area contributed by atoms with Gasteiger partial charge in [0.2, 0.25) is 0 Å². The van der Waals surface area contributed by atoms with Gasteiger partial charge < -0.3 is 9.52 Å². The molecule has 1 rings (SSSR count). The molecule has 0 atom stereocenters. The fraction of sp³-hybridized carbons (Fsp3) is 0. The van der Waals surface area contributed by atoms with Gasteiger partial charge in [0, 0.05) is 23.1 Å². The van der Waals surface area contributed by atoms with E-state index in [-0.39, 0.29) is 22.8 Å². The molecule has 0 saturated heterocycles. The van der Waals surface area contributed by atoms with Gasteiger partial charge in [0.15, 0.2) is 5.75 Å². The second-order valence-corrected chi connectivity index (χ2v) is 1.31. The van der Waals surface area contributed by atoms with Crippen LogP contribution >= 0.6 is 0 Å². The molecular formula is C5H4FeO3. The van der Waals surface area contributed by atoms with Crippen molar-refractivity contribution in [2.45, 2.75) is 0 Å². The van der Waals surface area contributed by atoms with Crippen molar-refractivity contribution >= 4 is 0 Å². The third-order valence-electron chi connectivity index (χ3n) is 0.686. The van der Waals surface area contributed by atoms with Crippen molar-refractivity contribution in [2.24, 2.45) is 0 Å². The van der Waals surface area contributed by atoms with Gasteiger partial charge in [0.05, 0.1) is 0 Å². The van der Waals surface area contributed by atoms with Crippen LogP contribution in [-0.2, 0) is 17.1 Å². The minimum absolute atomic E-state index is 0. The first-order valence-corrected chi connectivity index (χ1v) is 2.07. The first-order chi connectivity index (χ1) is 3.79. The standard InChI is InChI=1S/C5H4O3.Fe/c6-4-1-2-5(7)8-3-4;/h1-3,6H;. The zero-order chi connectivity index (χ0) is 5.98. The molecule has 1 aromatic rings. The molecule has 1 N–H and O–H groups in total. The summed E-state index contributed by atoms with van der Waals surface area (Å²) < 4.78 is 4.25. The molecule has 1 aromatic heterocycles. The fourth-order valence-corrected chi connectivity index (χ4v) is 0.350. The molecule has 0 saturated carbocycles. The van der Waals surface area contributed by atoms with Crippen LogP contribution in [0.3, 0.4) is 0 Å². The van der Waals surface area contributed by atoms with E-state index >= 15 is 0 Å². The monoisotopic (exact) mass is 168 g/mol. The smallest absolute Gasteiger partial charge is 0.335 e. The Labute approximate surface area is 61.8 Å². The molecule has 0 amide bonds. The van der Waals surface area contributed by atoms with Gasteiger partial charge in [-0.25, -0.2) is 4.79 Å². The Morgan fingerprint density at radius 1 is 1.44 bits per heavy atom. The van der Waals surface area contributed by atoms with Crippen molar-refractivity contribution in [3.8, 4) is 5.75 Å². The average molecular weight is 168 g/mol. The molecule has 0 aliphatic carbocycles. The zero-order valence-electron chi connectivity index (χ0n) is 4.35. The number of hydrogen-bond donors (Lipinski definition) is 1. The van der Waals surface area contributed by atoms with Gasteiger partial charge >= 0.3 is 5.63 Å². The third kappa shape index (κ3) is 2.35. The summed E-state index contributed by atoms with van der Waals surface area (Å²) in [6.45, 7) is 0. The summed E-state index contributed by atoms with van der Waals surface area (Å²) in [7, 11) is 0. The molecule has 0 bridgehead atoms. The Hall–Kier alpha value is -0.731. The molecule has 4 heteroatoms. The van der Waals surface area contributed by atoms with Crippen LogP contribution in [0.1, 0.15) is 0 Å². The largest absolute Gasteiger partial charge is 0.505 e. The molecule has 1 heterocycles. The molecule has 3 nitrogen and oxygen atoms in total. The second-order valence-electron chi connectivity index (χ2n) is 1.31. The first-order valence-electron chi connectivity index (χ1n) is 2.07. The van der Waals surface area contributed by atoms with E-state index in [0.29, 0.717) is 0 Å². The van der Waals surface area contributed by atoms with Crippen molar-refractivity contribution in [1.29, 1.82) is 0 Å². The molecule has 0 radical (unpaired) electrons. The number of rotatable bonds is 0. The Bertz CT molecular complexity index is 209. The minimum Gasteiger partial charge on any atom is -0.505 e. The van der Waals surface area contributed by atoms with Gasteiger partial charge in [0.25, 0.3) is 0 Å². The van der Waals surface area contributed by atoms with E-state index in [0.717, 1.165) is 12.3 Å². The van der Waals surface area contributed by atoms with Crippen molar-refractivity contribution in [2.75, 3.05) is 0 Å². The maximum atomic E-state index is 10.1. The summed E-state index contributed by atoms with van der Waals surface area (Å²) in [6.07, 6.45) is 0.988. The Balaban J connectivity index is 0.000000640. The van der Waals surface area contributed by atoms with E-state index in [1.165, 1.54) is 6.07 Å². The van der Waals surface area contributed by atoms with Crippen LogP contribution < -0.4 is 5.63 Å². The van der Waals surface area contributed by atoms with Gasteiger partial charge in [-0.05, 0) is 6.07 Å². The quantitative estimate of drug-likeness (QED) is 0.568. The summed E-state index contributed by atoms with van der Waals surface area (Å²) in [5.41, 5.74) is -0.456. The van der Waals surface area contributed by atoms with Gasteiger partial charge in [0.1, 0.15) is 6.26 Å². The van der Waals surface area contributed by atoms with Crippen molar-refractivity contribution in [3.05, 3.63) is 28.8 Å².